The largest absolute Gasteiger partial charge is 0.492 e. The minimum Gasteiger partial charge on any atom is -0.492 e. The predicted molar refractivity (Wildman–Crippen MR) is 184 cm³/mol. The second-order valence-electron chi connectivity index (χ2n) is 12.0. The monoisotopic (exact) mass is 623 g/mol. The highest BCUT2D eigenvalue weighted by Crippen LogP contribution is 2.37. The number of nitrogens with zero attached hydrogens (tertiary/aromatic N) is 3. The van der Waals surface area contributed by atoms with E-state index in [0.717, 1.165) is 80.6 Å². The summed E-state index contributed by atoms with van der Waals surface area (Å²) < 4.78 is 26.9. The maximum absolute atomic E-state index is 14.8. The first-order valence-corrected chi connectivity index (χ1v) is 16.0. The van der Waals surface area contributed by atoms with Gasteiger partial charge in [0.05, 0.1) is 17.4 Å². The van der Waals surface area contributed by atoms with Gasteiger partial charge in [0.25, 0.3) is 0 Å². The Kier molecular flexibility index (Phi) is 7.85. The van der Waals surface area contributed by atoms with Crippen molar-refractivity contribution in [3.63, 3.8) is 0 Å². The van der Waals surface area contributed by atoms with Crippen LogP contribution in [0.5, 0.6) is 11.5 Å². The van der Waals surface area contributed by atoms with Crippen molar-refractivity contribution < 1.29 is 13.9 Å². The van der Waals surface area contributed by atoms with E-state index < -0.39 is 0 Å². The Labute approximate surface area is 272 Å². The lowest BCUT2D eigenvalue weighted by atomic mass is 10.0. The molecule has 0 spiro atoms. The van der Waals surface area contributed by atoms with Crippen LogP contribution in [0.1, 0.15) is 18.4 Å². The molecule has 0 radical (unpaired) electrons. The van der Waals surface area contributed by atoms with Crippen molar-refractivity contribution in [3.8, 4) is 45.1 Å². The molecule has 0 bridgehead atoms. The smallest absolute Gasteiger partial charge is 0.138 e. The second kappa shape index (κ2) is 12.7. The minimum absolute atomic E-state index is 0.318. The van der Waals surface area contributed by atoms with Crippen LogP contribution in [0.15, 0.2) is 109 Å². The van der Waals surface area contributed by atoms with E-state index in [-0.39, 0.29) is 5.82 Å². The summed E-state index contributed by atoms with van der Waals surface area (Å²) in [7, 11) is 0. The van der Waals surface area contributed by atoms with Crippen molar-refractivity contribution in [2.45, 2.75) is 19.4 Å². The number of H-pyrrole nitrogens is 2. The number of pyridine rings is 1. The molecule has 4 aromatic carbocycles. The Balaban J connectivity index is 1.08. The molecule has 1 aliphatic rings. The topological polar surface area (TPSA) is 79.1 Å². The number of nitrogens with one attached hydrogen (secondary N) is 2. The number of rotatable bonds is 10. The first-order chi connectivity index (χ1) is 23.2. The molecule has 234 valence electrons. The number of benzene rings is 4. The number of aromatic nitrogens is 4. The number of aromatic amines is 2. The third-order valence-electron chi connectivity index (χ3n) is 8.83. The lowest BCUT2D eigenvalue weighted by molar-refractivity contribution is 0.237. The maximum Gasteiger partial charge on any atom is 0.138 e. The zero-order valence-electron chi connectivity index (χ0n) is 25.9. The van der Waals surface area contributed by atoms with Crippen LogP contribution in [0.4, 0.5) is 4.39 Å². The molecule has 8 heteroatoms. The van der Waals surface area contributed by atoms with Crippen molar-refractivity contribution in [2.75, 3.05) is 26.2 Å². The molecule has 1 fully saturated rings. The number of fused-ring (bicyclic) bond motifs is 2. The van der Waals surface area contributed by atoms with Crippen LogP contribution >= 0.6 is 0 Å². The van der Waals surface area contributed by atoms with Gasteiger partial charge in [-0.3, -0.25) is 15.0 Å². The van der Waals surface area contributed by atoms with Crippen molar-refractivity contribution in [1.29, 1.82) is 0 Å². The normalized spacial score (nSPS) is 13.5. The Bertz CT molecular complexity index is 2170. The number of halogens is 1. The van der Waals surface area contributed by atoms with Gasteiger partial charge in [-0.1, -0.05) is 48.5 Å². The lowest BCUT2D eigenvalue weighted by Gasteiger charge is -2.15. The minimum atomic E-state index is -0.318. The predicted octanol–water partition coefficient (Wildman–Crippen LogP) is 8.63. The molecule has 8 rings (SSSR count). The van der Waals surface area contributed by atoms with Gasteiger partial charge in [0, 0.05) is 40.7 Å². The molecule has 0 atom stereocenters. The molecule has 0 unspecified atom stereocenters. The molecule has 7 nitrogen and oxygen atoms in total. The molecule has 0 saturated carbocycles. The highest BCUT2D eigenvalue weighted by Gasteiger charge is 2.16. The van der Waals surface area contributed by atoms with Crippen LogP contribution in [0.25, 0.3) is 55.4 Å². The fourth-order valence-corrected chi connectivity index (χ4v) is 6.43. The Hall–Kier alpha value is -5.47. The van der Waals surface area contributed by atoms with Crippen molar-refractivity contribution in [2.24, 2.45) is 0 Å². The fourth-order valence-electron chi connectivity index (χ4n) is 6.43. The summed E-state index contributed by atoms with van der Waals surface area (Å²) >= 11 is 0. The van der Waals surface area contributed by atoms with Gasteiger partial charge >= 0.3 is 0 Å². The van der Waals surface area contributed by atoms with Crippen LogP contribution in [0.2, 0.25) is 0 Å². The number of likely N-dealkylation sites (tertiary alicyclic amines) is 1. The summed E-state index contributed by atoms with van der Waals surface area (Å²) in [5.74, 6) is 0.933. The molecule has 0 aliphatic carbocycles. The second-order valence-corrected chi connectivity index (χ2v) is 12.0. The molecule has 7 aromatic rings. The third kappa shape index (κ3) is 6.20. The first kappa shape index (κ1) is 29.0. The Morgan fingerprint density at radius 3 is 2.49 bits per heavy atom. The third-order valence-corrected chi connectivity index (χ3v) is 8.83. The fraction of sp³-hybridized carbons (Fsp3) is 0.179. The van der Waals surface area contributed by atoms with Gasteiger partial charge in [-0.25, -0.2) is 4.39 Å². The van der Waals surface area contributed by atoms with Gasteiger partial charge < -0.3 is 14.5 Å². The summed E-state index contributed by atoms with van der Waals surface area (Å²) in [5.41, 5.74) is 8.29. The van der Waals surface area contributed by atoms with Gasteiger partial charge in [-0.05, 0) is 90.6 Å². The van der Waals surface area contributed by atoms with E-state index in [2.05, 4.69) is 38.2 Å². The SMILES string of the molecule is Fc1cc(OCCN2CCCC2)cc(-c2cccc3[nH]c(-c4n[nH]c5ccc(-c6cncc(OCc7ccccc7)c6)cc45)cc23)c1. The van der Waals surface area contributed by atoms with Gasteiger partial charge in [0.15, 0.2) is 0 Å². The van der Waals surface area contributed by atoms with E-state index in [9.17, 15) is 4.39 Å². The van der Waals surface area contributed by atoms with E-state index in [1.807, 2.05) is 72.9 Å². The highest BCUT2D eigenvalue weighted by atomic mass is 19.1. The summed E-state index contributed by atoms with van der Waals surface area (Å²) in [6.45, 7) is 4.08. The van der Waals surface area contributed by atoms with Crippen molar-refractivity contribution in [3.05, 3.63) is 121 Å². The lowest BCUT2D eigenvalue weighted by Crippen LogP contribution is -2.25. The average Bonchev–Trinajstić information content (AvgIpc) is 3.87. The van der Waals surface area contributed by atoms with Gasteiger partial charge in [0.1, 0.15) is 36.2 Å². The van der Waals surface area contributed by atoms with Gasteiger partial charge in [-0.2, -0.15) is 5.10 Å². The molecule has 47 heavy (non-hydrogen) atoms. The average molecular weight is 624 g/mol. The van der Waals surface area contributed by atoms with E-state index >= 15 is 0 Å². The zero-order valence-corrected chi connectivity index (χ0v) is 25.9. The Morgan fingerprint density at radius 1 is 0.723 bits per heavy atom. The molecule has 1 saturated heterocycles. The summed E-state index contributed by atoms with van der Waals surface area (Å²) in [6.07, 6.45) is 6.05. The maximum atomic E-state index is 14.8. The van der Waals surface area contributed by atoms with Crippen LogP contribution < -0.4 is 9.47 Å². The summed E-state index contributed by atoms with van der Waals surface area (Å²) in [4.78, 5) is 10.4. The highest BCUT2D eigenvalue weighted by molar-refractivity contribution is 6.02. The van der Waals surface area contributed by atoms with E-state index in [0.29, 0.717) is 24.7 Å². The van der Waals surface area contributed by atoms with E-state index in [4.69, 9.17) is 14.6 Å². The summed E-state index contributed by atoms with van der Waals surface area (Å²) in [5, 5.41) is 9.83. The molecule has 0 amide bonds. The molecular weight excluding hydrogens is 589 g/mol. The Morgan fingerprint density at radius 2 is 1.60 bits per heavy atom. The molecule has 2 N–H and O–H groups in total. The van der Waals surface area contributed by atoms with Crippen LogP contribution in [0.3, 0.4) is 0 Å². The van der Waals surface area contributed by atoms with Crippen LogP contribution in [-0.2, 0) is 6.61 Å². The van der Waals surface area contributed by atoms with Gasteiger partial charge in [0.2, 0.25) is 0 Å². The first-order valence-electron chi connectivity index (χ1n) is 16.0. The van der Waals surface area contributed by atoms with Crippen LogP contribution in [0, 0.1) is 5.82 Å². The molecular formula is C39H34FN5O2. The number of hydrogen-bond donors (Lipinski definition) is 2. The van der Waals surface area contributed by atoms with E-state index in [1.165, 1.54) is 18.9 Å². The molecule has 4 heterocycles. The summed E-state index contributed by atoms with van der Waals surface area (Å²) in [6, 6.07) is 31.4. The van der Waals surface area contributed by atoms with Gasteiger partial charge in [-0.15, -0.1) is 0 Å². The number of hydrogen-bond acceptors (Lipinski definition) is 5. The molecule has 3 aromatic heterocycles. The van der Waals surface area contributed by atoms with Crippen molar-refractivity contribution in [1.82, 2.24) is 25.1 Å². The standard InChI is InChI=1S/C39H34FN5O2/c40-30-17-28(18-31(21-30)46-16-15-45-13-4-5-14-45)33-9-6-10-36-34(33)22-38(42-36)39-35-20-27(11-12-37(35)43-44-39)29-19-32(24-41-23-29)47-25-26-7-2-1-3-8-26/h1-3,6-12,17-24,42H,4-5,13-16,25H2,(H,43,44). The zero-order chi connectivity index (χ0) is 31.6. The van der Waals surface area contributed by atoms with E-state index in [1.54, 1.807) is 12.3 Å². The molecule has 1 aliphatic heterocycles. The quantitative estimate of drug-likeness (QED) is 0.159. The number of ether oxygens (including phenoxy) is 2. The van der Waals surface area contributed by atoms with Crippen molar-refractivity contribution >= 4 is 21.8 Å². The van der Waals surface area contributed by atoms with Crippen LogP contribution in [-0.4, -0.2) is 51.3 Å².